The molecule has 0 aliphatic heterocycles. The predicted molar refractivity (Wildman–Crippen MR) is 139 cm³/mol. The summed E-state index contributed by atoms with van der Waals surface area (Å²) in [5.41, 5.74) is 6.08. The fourth-order valence-corrected chi connectivity index (χ4v) is 4.49. The van der Waals surface area contributed by atoms with E-state index in [0.29, 0.717) is 18.8 Å². The van der Waals surface area contributed by atoms with Crippen molar-refractivity contribution in [3.63, 3.8) is 0 Å². The number of tetrazole rings is 1. The van der Waals surface area contributed by atoms with Gasteiger partial charge in [-0.25, -0.2) is 10.1 Å². The van der Waals surface area contributed by atoms with Crippen LogP contribution < -0.4 is 5.56 Å². The maximum Gasteiger partial charge on any atom is 0.257 e. The number of hydrogen-bond acceptors (Lipinski definition) is 5. The van der Waals surface area contributed by atoms with Gasteiger partial charge in [-0.15, -0.1) is 5.10 Å². The van der Waals surface area contributed by atoms with Crippen LogP contribution in [0.2, 0.25) is 0 Å². The van der Waals surface area contributed by atoms with Crippen LogP contribution in [0.1, 0.15) is 75.5 Å². The molecule has 7 nitrogen and oxygen atoms in total. The number of hydrogen-bond donors (Lipinski definition) is 1. The number of aromatic nitrogens is 6. The Balaban J connectivity index is 1.70. The van der Waals surface area contributed by atoms with E-state index in [-0.39, 0.29) is 11.5 Å². The van der Waals surface area contributed by atoms with Gasteiger partial charge >= 0.3 is 0 Å². The first kappa shape index (κ1) is 24.5. The van der Waals surface area contributed by atoms with Gasteiger partial charge in [-0.3, -0.25) is 9.36 Å². The number of unbranched alkanes of at least 4 members (excludes halogenated alkanes) is 1. The molecule has 0 unspecified atom stereocenters. The number of benzene rings is 2. The summed E-state index contributed by atoms with van der Waals surface area (Å²) in [6, 6.07) is 16.5. The Morgan fingerprint density at radius 1 is 0.971 bits per heavy atom. The molecule has 0 fully saturated rings. The van der Waals surface area contributed by atoms with Gasteiger partial charge in [0.25, 0.3) is 5.56 Å². The molecule has 0 spiro atoms. The summed E-state index contributed by atoms with van der Waals surface area (Å²) < 4.78 is 1.89. The highest BCUT2D eigenvalue weighted by Gasteiger charge is 2.18. The van der Waals surface area contributed by atoms with Crippen LogP contribution in [0.25, 0.3) is 22.5 Å². The zero-order valence-corrected chi connectivity index (χ0v) is 21.1. The van der Waals surface area contributed by atoms with Gasteiger partial charge in [0.2, 0.25) is 0 Å². The fourth-order valence-electron chi connectivity index (χ4n) is 4.49. The van der Waals surface area contributed by atoms with Gasteiger partial charge in [-0.05, 0) is 46.4 Å². The second kappa shape index (κ2) is 11.2. The van der Waals surface area contributed by atoms with Crippen LogP contribution >= 0.6 is 0 Å². The SMILES string of the molecule is CCCCc1nc(C(C)C)n(CCC)c(=O)c1Cc1ccc(-c2ccccc2-c2nnn[nH]2)cc1. The molecule has 4 aromatic rings. The van der Waals surface area contributed by atoms with Crippen LogP contribution in [-0.4, -0.2) is 30.2 Å². The van der Waals surface area contributed by atoms with Crippen molar-refractivity contribution < 1.29 is 0 Å². The van der Waals surface area contributed by atoms with Crippen LogP contribution in [0.3, 0.4) is 0 Å². The van der Waals surface area contributed by atoms with Crippen molar-refractivity contribution in [3.05, 3.63) is 81.5 Å². The normalized spacial score (nSPS) is 11.3. The third kappa shape index (κ3) is 5.39. The van der Waals surface area contributed by atoms with Crippen molar-refractivity contribution in [2.45, 2.75) is 72.3 Å². The van der Waals surface area contributed by atoms with Crippen LogP contribution in [0.15, 0.2) is 53.3 Å². The summed E-state index contributed by atoms with van der Waals surface area (Å²) in [7, 11) is 0. The molecular formula is C28H34N6O. The molecule has 2 aromatic heterocycles. The monoisotopic (exact) mass is 470 g/mol. The minimum Gasteiger partial charge on any atom is -0.296 e. The van der Waals surface area contributed by atoms with Gasteiger partial charge in [0.15, 0.2) is 5.82 Å². The molecule has 7 heteroatoms. The molecule has 1 N–H and O–H groups in total. The quantitative estimate of drug-likeness (QED) is 0.328. The minimum absolute atomic E-state index is 0.115. The zero-order chi connectivity index (χ0) is 24.8. The summed E-state index contributed by atoms with van der Waals surface area (Å²) in [5.74, 6) is 1.75. The largest absolute Gasteiger partial charge is 0.296 e. The fraction of sp³-hybridized carbons (Fsp3) is 0.393. The molecular weight excluding hydrogens is 436 g/mol. The zero-order valence-electron chi connectivity index (χ0n) is 21.1. The van der Waals surface area contributed by atoms with E-state index in [1.807, 2.05) is 22.8 Å². The summed E-state index contributed by atoms with van der Waals surface area (Å²) in [4.78, 5) is 18.7. The molecule has 0 aliphatic rings. The summed E-state index contributed by atoms with van der Waals surface area (Å²) in [5, 5.41) is 14.3. The average molecular weight is 471 g/mol. The smallest absolute Gasteiger partial charge is 0.257 e. The van der Waals surface area contributed by atoms with E-state index in [0.717, 1.165) is 65.0 Å². The highest BCUT2D eigenvalue weighted by Crippen LogP contribution is 2.30. The van der Waals surface area contributed by atoms with Gasteiger partial charge < -0.3 is 0 Å². The Bertz CT molecular complexity index is 1310. The third-order valence-electron chi connectivity index (χ3n) is 6.28. The number of rotatable bonds is 10. The van der Waals surface area contributed by atoms with Crippen LogP contribution in [-0.2, 0) is 19.4 Å². The molecule has 35 heavy (non-hydrogen) atoms. The molecule has 0 saturated heterocycles. The lowest BCUT2D eigenvalue weighted by molar-refractivity contribution is 0.557. The lowest BCUT2D eigenvalue weighted by Gasteiger charge is -2.19. The highest BCUT2D eigenvalue weighted by atomic mass is 16.1. The van der Waals surface area contributed by atoms with Crippen molar-refractivity contribution >= 4 is 0 Å². The van der Waals surface area contributed by atoms with Crippen molar-refractivity contribution in [3.8, 4) is 22.5 Å². The van der Waals surface area contributed by atoms with E-state index in [4.69, 9.17) is 4.98 Å². The van der Waals surface area contributed by atoms with Crippen molar-refractivity contribution in [1.29, 1.82) is 0 Å². The first-order chi connectivity index (χ1) is 17.0. The predicted octanol–water partition coefficient (Wildman–Crippen LogP) is 5.56. The van der Waals surface area contributed by atoms with Gasteiger partial charge in [-0.1, -0.05) is 82.6 Å². The van der Waals surface area contributed by atoms with Crippen LogP contribution in [0, 0.1) is 0 Å². The Kier molecular flexibility index (Phi) is 7.85. The van der Waals surface area contributed by atoms with E-state index in [9.17, 15) is 4.79 Å². The van der Waals surface area contributed by atoms with Gasteiger partial charge in [0.05, 0.1) is 5.69 Å². The van der Waals surface area contributed by atoms with Crippen LogP contribution in [0.5, 0.6) is 0 Å². The topological polar surface area (TPSA) is 89.3 Å². The Morgan fingerprint density at radius 3 is 2.34 bits per heavy atom. The van der Waals surface area contributed by atoms with Crippen molar-refractivity contribution in [2.24, 2.45) is 0 Å². The van der Waals surface area contributed by atoms with Gasteiger partial charge in [0, 0.05) is 30.0 Å². The molecule has 0 bridgehead atoms. The lowest BCUT2D eigenvalue weighted by Crippen LogP contribution is -2.31. The molecule has 4 rings (SSSR count). The van der Waals surface area contributed by atoms with E-state index in [1.54, 1.807) is 0 Å². The first-order valence-corrected chi connectivity index (χ1v) is 12.6. The standard InChI is InChI=1S/C28H34N6O/c1-5-7-12-25-24(28(35)34(17-6-2)27(29-25)19(3)4)18-20-13-15-21(16-14-20)22-10-8-9-11-23(22)26-30-32-33-31-26/h8-11,13-16,19H,5-7,12,17-18H2,1-4H3,(H,30,31,32,33). The maximum atomic E-state index is 13.6. The number of H-pyrrole nitrogens is 1. The third-order valence-corrected chi connectivity index (χ3v) is 6.28. The summed E-state index contributed by atoms with van der Waals surface area (Å²) in [6.07, 6.45) is 4.43. The van der Waals surface area contributed by atoms with E-state index in [1.165, 1.54) is 0 Å². The molecule has 2 aromatic carbocycles. The molecule has 0 saturated carbocycles. The van der Waals surface area contributed by atoms with Crippen molar-refractivity contribution in [1.82, 2.24) is 30.2 Å². The van der Waals surface area contributed by atoms with Gasteiger partial charge in [-0.2, -0.15) is 0 Å². The minimum atomic E-state index is 0.115. The number of aryl methyl sites for hydroxylation is 1. The van der Waals surface area contributed by atoms with E-state index < -0.39 is 0 Å². The summed E-state index contributed by atoms with van der Waals surface area (Å²) >= 11 is 0. The molecule has 0 atom stereocenters. The van der Waals surface area contributed by atoms with Crippen molar-refractivity contribution in [2.75, 3.05) is 0 Å². The molecule has 0 aliphatic carbocycles. The molecule has 2 heterocycles. The Morgan fingerprint density at radius 2 is 1.71 bits per heavy atom. The first-order valence-electron chi connectivity index (χ1n) is 12.6. The number of nitrogens with zero attached hydrogens (tertiary/aromatic N) is 5. The second-order valence-electron chi connectivity index (χ2n) is 9.28. The number of aromatic amines is 1. The summed E-state index contributed by atoms with van der Waals surface area (Å²) in [6.45, 7) is 9.21. The maximum absolute atomic E-state index is 13.6. The number of nitrogens with one attached hydrogen (secondary N) is 1. The molecule has 182 valence electrons. The lowest BCUT2D eigenvalue weighted by atomic mass is 9.96. The molecule has 0 amide bonds. The Hall–Kier alpha value is -3.61. The van der Waals surface area contributed by atoms with Gasteiger partial charge in [0.1, 0.15) is 5.82 Å². The van der Waals surface area contributed by atoms with E-state index in [2.05, 4.69) is 78.7 Å². The highest BCUT2D eigenvalue weighted by molar-refractivity contribution is 5.80. The van der Waals surface area contributed by atoms with Crippen LogP contribution in [0.4, 0.5) is 0 Å². The van der Waals surface area contributed by atoms with E-state index >= 15 is 0 Å². The molecule has 0 radical (unpaired) electrons. The average Bonchev–Trinajstić information content (AvgIpc) is 3.41. The Labute approximate surface area is 206 Å². The second-order valence-corrected chi connectivity index (χ2v) is 9.28.